The lowest BCUT2D eigenvalue weighted by atomic mass is 10.1. The quantitative estimate of drug-likeness (QED) is 0.923. The van der Waals surface area contributed by atoms with Crippen LogP contribution in [-0.2, 0) is 0 Å². The summed E-state index contributed by atoms with van der Waals surface area (Å²) in [6, 6.07) is 2.54. The van der Waals surface area contributed by atoms with E-state index in [1.807, 2.05) is 10.7 Å². The maximum Gasteiger partial charge on any atom is 0.253 e. The summed E-state index contributed by atoms with van der Waals surface area (Å²) in [5, 5.41) is 8.53. The van der Waals surface area contributed by atoms with E-state index in [2.05, 4.69) is 29.2 Å². The topological polar surface area (TPSA) is 59.8 Å². The summed E-state index contributed by atoms with van der Waals surface area (Å²) in [5.41, 5.74) is 1.48. The van der Waals surface area contributed by atoms with Gasteiger partial charge in [-0.05, 0) is 57.4 Å². The summed E-state index contributed by atoms with van der Waals surface area (Å²) in [7, 11) is 0. The lowest BCUT2D eigenvalue weighted by Crippen LogP contribution is -2.38. The first-order valence-electron chi connectivity index (χ1n) is 8.27. The summed E-state index contributed by atoms with van der Waals surface area (Å²) in [4.78, 5) is 17.0. The number of hydrogen-bond donors (Lipinski definition) is 1. The van der Waals surface area contributed by atoms with E-state index in [0.29, 0.717) is 23.4 Å². The molecule has 0 atom stereocenters. The highest BCUT2D eigenvalue weighted by atomic mass is 16.1. The van der Waals surface area contributed by atoms with Crippen LogP contribution in [0.15, 0.2) is 18.5 Å². The molecule has 1 amide bonds. The summed E-state index contributed by atoms with van der Waals surface area (Å²) >= 11 is 0. The number of carbonyl (C=O) groups excluding carboxylic acids is 1. The van der Waals surface area contributed by atoms with Gasteiger partial charge in [0, 0.05) is 23.7 Å². The van der Waals surface area contributed by atoms with Gasteiger partial charge in [0.25, 0.3) is 5.91 Å². The maximum absolute atomic E-state index is 12.5. The second-order valence-corrected chi connectivity index (χ2v) is 6.99. The summed E-state index contributed by atoms with van der Waals surface area (Å²) in [5.74, 6) is 1.42. The second kappa shape index (κ2) is 5.07. The van der Waals surface area contributed by atoms with E-state index in [9.17, 15) is 4.79 Å². The predicted molar refractivity (Wildman–Crippen MR) is 84.6 cm³/mol. The SMILES string of the molecule is CC(C)n1ncc2cc(C(=O)NC(C3CC3)C3CC3)cnc21. The van der Waals surface area contributed by atoms with Gasteiger partial charge in [0.1, 0.15) is 0 Å². The number of fused-ring (bicyclic) bond motifs is 1. The van der Waals surface area contributed by atoms with Crippen LogP contribution in [0.4, 0.5) is 0 Å². The van der Waals surface area contributed by atoms with Gasteiger partial charge < -0.3 is 5.32 Å². The van der Waals surface area contributed by atoms with Gasteiger partial charge >= 0.3 is 0 Å². The first-order chi connectivity index (χ1) is 10.6. The lowest BCUT2D eigenvalue weighted by Gasteiger charge is -2.17. The van der Waals surface area contributed by atoms with Crippen LogP contribution in [0.2, 0.25) is 0 Å². The van der Waals surface area contributed by atoms with Crippen LogP contribution in [0.25, 0.3) is 11.0 Å². The van der Waals surface area contributed by atoms with Crippen molar-refractivity contribution in [2.45, 2.75) is 51.6 Å². The Bertz CT molecular complexity index is 701. The Kier molecular flexibility index (Phi) is 3.17. The number of carbonyl (C=O) groups is 1. The van der Waals surface area contributed by atoms with E-state index in [0.717, 1.165) is 11.0 Å². The summed E-state index contributed by atoms with van der Waals surface area (Å²) in [6.07, 6.45) is 8.52. The van der Waals surface area contributed by atoms with E-state index >= 15 is 0 Å². The highest BCUT2D eigenvalue weighted by Crippen LogP contribution is 2.44. The molecule has 116 valence electrons. The number of amides is 1. The van der Waals surface area contributed by atoms with Crippen molar-refractivity contribution in [1.29, 1.82) is 0 Å². The molecule has 0 saturated heterocycles. The van der Waals surface area contributed by atoms with E-state index in [1.165, 1.54) is 25.7 Å². The average Bonchev–Trinajstić information content (AvgIpc) is 3.40. The fourth-order valence-electron chi connectivity index (χ4n) is 3.21. The largest absolute Gasteiger partial charge is 0.349 e. The zero-order chi connectivity index (χ0) is 15.3. The Morgan fingerprint density at radius 1 is 1.23 bits per heavy atom. The van der Waals surface area contributed by atoms with Gasteiger partial charge in [-0.25, -0.2) is 9.67 Å². The third kappa shape index (κ3) is 2.49. The molecule has 2 saturated carbocycles. The van der Waals surface area contributed by atoms with Gasteiger partial charge in [-0.2, -0.15) is 5.10 Å². The molecule has 5 heteroatoms. The zero-order valence-corrected chi connectivity index (χ0v) is 13.1. The number of nitrogens with zero attached hydrogens (tertiary/aromatic N) is 3. The van der Waals surface area contributed by atoms with Gasteiger partial charge in [0.15, 0.2) is 5.65 Å². The minimum absolute atomic E-state index is 0.00972. The molecule has 1 N–H and O–H groups in total. The molecular weight excluding hydrogens is 276 g/mol. The Hall–Kier alpha value is -1.91. The zero-order valence-electron chi connectivity index (χ0n) is 13.1. The number of aromatic nitrogens is 3. The lowest BCUT2D eigenvalue weighted by molar-refractivity contribution is 0.0926. The Balaban J connectivity index is 1.56. The fraction of sp³-hybridized carbons (Fsp3) is 0.588. The minimum Gasteiger partial charge on any atom is -0.349 e. The summed E-state index contributed by atoms with van der Waals surface area (Å²) in [6.45, 7) is 4.15. The molecule has 0 unspecified atom stereocenters. The van der Waals surface area contributed by atoms with Crippen molar-refractivity contribution in [1.82, 2.24) is 20.1 Å². The molecular formula is C17H22N4O. The van der Waals surface area contributed by atoms with Gasteiger partial charge in [-0.15, -0.1) is 0 Å². The highest BCUT2D eigenvalue weighted by molar-refractivity contribution is 5.97. The van der Waals surface area contributed by atoms with Crippen LogP contribution in [0.1, 0.15) is 55.9 Å². The van der Waals surface area contributed by atoms with Crippen LogP contribution in [-0.4, -0.2) is 26.7 Å². The van der Waals surface area contributed by atoms with Crippen LogP contribution in [0.5, 0.6) is 0 Å². The Labute approximate surface area is 130 Å². The molecule has 0 radical (unpaired) electrons. The molecule has 2 heterocycles. The molecule has 2 aliphatic rings. The van der Waals surface area contributed by atoms with Crippen molar-refractivity contribution >= 4 is 16.9 Å². The third-order valence-electron chi connectivity index (χ3n) is 4.74. The van der Waals surface area contributed by atoms with Crippen LogP contribution in [0, 0.1) is 11.8 Å². The van der Waals surface area contributed by atoms with Crippen molar-refractivity contribution < 1.29 is 4.79 Å². The van der Waals surface area contributed by atoms with Crippen molar-refractivity contribution in [2.24, 2.45) is 11.8 Å². The fourth-order valence-corrected chi connectivity index (χ4v) is 3.21. The van der Waals surface area contributed by atoms with E-state index in [1.54, 1.807) is 12.4 Å². The minimum atomic E-state index is 0.00972. The average molecular weight is 298 g/mol. The van der Waals surface area contributed by atoms with Crippen molar-refractivity contribution in [3.8, 4) is 0 Å². The highest BCUT2D eigenvalue weighted by Gasteiger charge is 2.42. The molecule has 2 fully saturated rings. The van der Waals surface area contributed by atoms with Crippen LogP contribution < -0.4 is 5.32 Å². The molecule has 0 aliphatic heterocycles. The number of rotatable bonds is 5. The van der Waals surface area contributed by atoms with Crippen molar-refractivity contribution in [3.05, 3.63) is 24.0 Å². The third-order valence-corrected chi connectivity index (χ3v) is 4.74. The predicted octanol–water partition coefficient (Wildman–Crippen LogP) is 2.93. The van der Waals surface area contributed by atoms with Crippen molar-refractivity contribution in [2.75, 3.05) is 0 Å². The molecule has 22 heavy (non-hydrogen) atoms. The normalized spacial score (nSPS) is 18.4. The molecule has 2 aliphatic carbocycles. The monoisotopic (exact) mass is 298 g/mol. The van der Waals surface area contributed by atoms with Crippen LogP contribution >= 0.6 is 0 Å². The van der Waals surface area contributed by atoms with Gasteiger partial charge in [0.2, 0.25) is 0 Å². The molecule has 2 aromatic rings. The van der Waals surface area contributed by atoms with E-state index in [-0.39, 0.29) is 11.9 Å². The second-order valence-electron chi connectivity index (χ2n) is 6.99. The smallest absolute Gasteiger partial charge is 0.253 e. The maximum atomic E-state index is 12.5. The van der Waals surface area contributed by atoms with E-state index < -0.39 is 0 Å². The number of hydrogen-bond acceptors (Lipinski definition) is 3. The summed E-state index contributed by atoms with van der Waals surface area (Å²) < 4.78 is 1.88. The Morgan fingerprint density at radius 3 is 2.50 bits per heavy atom. The molecule has 0 bridgehead atoms. The molecule has 2 aromatic heterocycles. The standard InChI is InChI=1S/C17H22N4O/c1-10(2)21-16-13(9-19-21)7-14(8-18-16)17(22)20-15(11-3-4-11)12-5-6-12/h7-12,15H,3-6H2,1-2H3,(H,20,22). The van der Waals surface area contributed by atoms with Gasteiger partial charge in [-0.1, -0.05) is 0 Å². The van der Waals surface area contributed by atoms with Gasteiger partial charge in [0.05, 0.1) is 11.8 Å². The number of pyridine rings is 1. The van der Waals surface area contributed by atoms with Crippen LogP contribution in [0.3, 0.4) is 0 Å². The van der Waals surface area contributed by atoms with Gasteiger partial charge in [-0.3, -0.25) is 4.79 Å². The van der Waals surface area contributed by atoms with Crippen molar-refractivity contribution in [3.63, 3.8) is 0 Å². The molecule has 0 aromatic carbocycles. The molecule has 4 rings (SSSR count). The number of nitrogens with one attached hydrogen (secondary N) is 1. The Morgan fingerprint density at radius 2 is 1.91 bits per heavy atom. The molecule has 0 spiro atoms. The molecule has 5 nitrogen and oxygen atoms in total. The first-order valence-corrected chi connectivity index (χ1v) is 8.27. The first kappa shape index (κ1) is 13.7. The van der Waals surface area contributed by atoms with E-state index in [4.69, 9.17) is 0 Å².